The van der Waals surface area contributed by atoms with Crippen LogP contribution in [0.3, 0.4) is 0 Å². The van der Waals surface area contributed by atoms with Gasteiger partial charge in [0.1, 0.15) is 5.75 Å². The Morgan fingerprint density at radius 3 is 2.67 bits per heavy atom. The predicted molar refractivity (Wildman–Crippen MR) is 57.0 cm³/mol. The fourth-order valence-corrected chi connectivity index (χ4v) is 1.97. The minimum absolute atomic E-state index is 0.240. The minimum atomic E-state index is -0.601. The summed E-state index contributed by atoms with van der Waals surface area (Å²) in [5.74, 6) is 1.09. The average molecular weight is 223 g/mol. The first-order chi connectivity index (χ1) is 7.27. The monoisotopic (exact) mass is 223 g/mol. The second kappa shape index (κ2) is 4.35. The van der Waals surface area contributed by atoms with Crippen LogP contribution in [0, 0.1) is 0 Å². The van der Waals surface area contributed by atoms with Crippen molar-refractivity contribution in [2.45, 2.75) is 0 Å². The summed E-state index contributed by atoms with van der Waals surface area (Å²) in [6, 6.07) is 8.71. The standard InChI is InChI=1S/C10H9NO3S/c12-9(11-6-7-15-10(11)13)14-8-4-2-1-3-5-8/h1-5H,6-7H2. The van der Waals surface area contributed by atoms with E-state index in [1.807, 2.05) is 6.07 Å². The van der Waals surface area contributed by atoms with E-state index in [1.165, 1.54) is 0 Å². The highest BCUT2D eigenvalue weighted by Crippen LogP contribution is 2.19. The average Bonchev–Trinajstić information content (AvgIpc) is 2.66. The lowest BCUT2D eigenvalue weighted by molar-refractivity contribution is 0.166. The Bertz CT molecular complexity index is 380. The molecule has 2 amide bonds. The van der Waals surface area contributed by atoms with Crippen molar-refractivity contribution in [3.8, 4) is 5.75 Å². The number of thioether (sulfide) groups is 1. The van der Waals surface area contributed by atoms with E-state index in [0.29, 0.717) is 18.0 Å². The highest BCUT2D eigenvalue weighted by atomic mass is 32.2. The molecule has 1 heterocycles. The van der Waals surface area contributed by atoms with E-state index in [1.54, 1.807) is 24.3 Å². The molecule has 1 saturated heterocycles. The zero-order chi connectivity index (χ0) is 10.7. The van der Waals surface area contributed by atoms with Crippen LogP contribution in [0.2, 0.25) is 0 Å². The molecule has 0 aromatic heterocycles. The van der Waals surface area contributed by atoms with Crippen molar-refractivity contribution < 1.29 is 14.3 Å². The van der Waals surface area contributed by atoms with Crippen molar-refractivity contribution in [2.75, 3.05) is 12.3 Å². The minimum Gasteiger partial charge on any atom is -0.410 e. The third-order valence-electron chi connectivity index (χ3n) is 1.93. The molecule has 5 heteroatoms. The highest BCUT2D eigenvalue weighted by Gasteiger charge is 2.28. The predicted octanol–water partition coefficient (Wildman–Crippen LogP) is 2.35. The van der Waals surface area contributed by atoms with Gasteiger partial charge in [0.05, 0.1) is 0 Å². The lowest BCUT2D eigenvalue weighted by Crippen LogP contribution is -2.33. The van der Waals surface area contributed by atoms with E-state index in [0.717, 1.165) is 16.7 Å². The van der Waals surface area contributed by atoms with Gasteiger partial charge in [-0.25, -0.2) is 9.69 Å². The topological polar surface area (TPSA) is 46.6 Å². The van der Waals surface area contributed by atoms with Crippen molar-refractivity contribution in [3.63, 3.8) is 0 Å². The zero-order valence-corrected chi connectivity index (χ0v) is 8.70. The summed E-state index contributed by atoms with van der Waals surface area (Å²) in [5, 5.41) is -0.240. The molecule has 0 aliphatic carbocycles. The molecule has 1 aliphatic rings. The summed E-state index contributed by atoms with van der Waals surface area (Å²) >= 11 is 1.13. The van der Waals surface area contributed by atoms with Crippen LogP contribution >= 0.6 is 11.8 Å². The number of para-hydroxylation sites is 1. The van der Waals surface area contributed by atoms with E-state index >= 15 is 0 Å². The van der Waals surface area contributed by atoms with Crippen LogP contribution < -0.4 is 4.74 Å². The maximum Gasteiger partial charge on any atom is 0.422 e. The molecule has 1 aromatic rings. The number of carbonyl (C=O) groups excluding carboxylic acids is 2. The Morgan fingerprint density at radius 1 is 1.33 bits per heavy atom. The Balaban J connectivity index is 2.01. The normalized spacial score (nSPS) is 15.5. The molecule has 4 nitrogen and oxygen atoms in total. The summed E-state index contributed by atoms with van der Waals surface area (Å²) in [6.07, 6.45) is -0.601. The largest absolute Gasteiger partial charge is 0.422 e. The van der Waals surface area contributed by atoms with Gasteiger partial charge in [0.15, 0.2) is 0 Å². The van der Waals surface area contributed by atoms with Crippen molar-refractivity contribution >= 4 is 23.1 Å². The van der Waals surface area contributed by atoms with Gasteiger partial charge in [0, 0.05) is 12.3 Å². The van der Waals surface area contributed by atoms with Gasteiger partial charge >= 0.3 is 6.09 Å². The molecular weight excluding hydrogens is 214 g/mol. The van der Waals surface area contributed by atoms with Crippen LogP contribution in [0.5, 0.6) is 5.75 Å². The molecule has 1 aromatic carbocycles. The first-order valence-electron chi connectivity index (χ1n) is 4.48. The summed E-state index contributed by atoms with van der Waals surface area (Å²) in [5.41, 5.74) is 0. The molecular formula is C10H9NO3S. The van der Waals surface area contributed by atoms with E-state index < -0.39 is 6.09 Å². The summed E-state index contributed by atoms with van der Waals surface area (Å²) in [6.45, 7) is 0.426. The third-order valence-corrected chi connectivity index (χ3v) is 2.78. The molecule has 0 N–H and O–H groups in total. The molecule has 0 atom stereocenters. The van der Waals surface area contributed by atoms with Crippen LogP contribution in [0.4, 0.5) is 9.59 Å². The number of benzene rings is 1. The SMILES string of the molecule is O=C(Oc1ccccc1)N1CCSC1=O. The van der Waals surface area contributed by atoms with Crippen molar-refractivity contribution in [3.05, 3.63) is 30.3 Å². The first-order valence-corrected chi connectivity index (χ1v) is 5.47. The number of imide groups is 1. The van der Waals surface area contributed by atoms with Crippen molar-refractivity contribution in [1.29, 1.82) is 0 Å². The molecule has 1 aliphatic heterocycles. The number of ether oxygens (including phenoxy) is 1. The van der Waals surface area contributed by atoms with Gasteiger partial charge in [-0.15, -0.1) is 0 Å². The van der Waals surface area contributed by atoms with Gasteiger partial charge in [-0.2, -0.15) is 0 Å². The van der Waals surface area contributed by atoms with Gasteiger partial charge < -0.3 is 4.74 Å². The van der Waals surface area contributed by atoms with Crippen LogP contribution in [-0.2, 0) is 0 Å². The lowest BCUT2D eigenvalue weighted by Gasteiger charge is -2.11. The van der Waals surface area contributed by atoms with Crippen LogP contribution in [0.25, 0.3) is 0 Å². The number of carbonyl (C=O) groups is 2. The van der Waals surface area contributed by atoms with Crippen LogP contribution in [-0.4, -0.2) is 28.5 Å². The highest BCUT2D eigenvalue weighted by molar-refractivity contribution is 8.13. The van der Waals surface area contributed by atoms with E-state index in [9.17, 15) is 9.59 Å². The molecule has 0 saturated carbocycles. The maximum absolute atomic E-state index is 11.5. The van der Waals surface area contributed by atoms with Gasteiger partial charge in [0.25, 0.3) is 5.24 Å². The molecule has 0 spiro atoms. The molecule has 15 heavy (non-hydrogen) atoms. The van der Waals surface area contributed by atoms with Crippen LogP contribution in [0.1, 0.15) is 0 Å². The Kier molecular flexibility index (Phi) is 2.91. The Hall–Kier alpha value is -1.49. The van der Waals surface area contributed by atoms with E-state index in [2.05, 4.69) is 0 Å². The zero-order valence-electron chi connectivity index (χ0n) is 7.88. The quantitative estimate of drug-likeness (QED) is 0.733. The summed E-state index contributed by atoms with van der Waals surface area (Å²) in [4.78, 5) is 23.8. The first kappa shape index (κ1) is 10.0. The second-order valence-corrected chi connectivity index (χ2v) is 3.99. The summed E-state index contributed by atoms with van der Waals surface area (Å²) in [7, 11) is 0. The van der Waals surface area contributed by atoms with Gasteiger partial charge in [-0.1, -0.05) is 30.0 Å². The number of nitrogens with zero attached hydrogens (tertiary/aromatic N) is 1. The molecule has 2 rings (SSSR count). The molecule has 0 radical (unpaired) electrons. The van der Waals surface area contributed by atoms with E-state index in [4.69, 9.17) is 4.74 Å². The summed E-state index contributed by atoms with van der Waals surface area (Å²) < 4.78 is 5.02. The molecule has 0 unspecified atom stereocenters. The maximum atomic E-state index is 11.5. The fraction of sp³-hybridized carbons (Fsp3) is 0.200. The number of hydrogen-bond acceptors (Lipinski definition) is 4. The van der Waals surface area contributed by atoms with Crippen LogP contribution in [0.15, 0.2) is 30.3 Å². The smallest absolute Gasteiger partial charge is 0.410 e. The molecule has 78 valence electrons. The van der Waals surface area contributed by atoms with Crippen molar-refractivity contribution in [1.82, 2.24) is 4.90 Å². The van der Waals surface area contributed by atoms with Gasteiger partial charge in [-0.3, -0.25) is 4.79 Å². The molecule has 0 bridgehead atoms. The van der Waals surface area contributed by atoms with Crippen molar-refractivity contribution in [2.24, 2.45) is 0 Å². The fourth-order valence-electron chi connectivity index (χ4n) is 1.20. The second-order valence-electron chi connectivity index (χ2n) is 2.95. The Labute approximate surface area is 91.2 Å². The van der Waals surface area contributed by atoms with Gasteiger partial charge in [0.2, 0.25) is 0 Å². The Morgan fingerprint density at radius 2 is 2.07 bits per heavy atom. The third kappa shape index (κ3) is 2.30. The molecule has 1 fully saturated rings. The number of rotatable bonds is 1. The number of hydrogen-bond donors (Lipinski definition) is 0. The lowest BCUT2D eigenvalue weighted by atomic mass is 10.3. The van der Waals surface area contributed by atoms with Gasteiger partial charge in [-0.05, 0) is 12.1 Å². The van der Waals surface area contributed by atoms with E-state index in [-0.39, 0.29) is 5.24 Å². The number of amides is 2.